The second-order valence-corrected chi connectivity index (χ2v) is 7.04. The number of hydrogen-bond acceptors (Lipinski definition) is 6. The minimum Gasteiger partial charge on any atom is -0.411 e. The number of hydrogen-bond donors (Lipinski definition) is 0. The fraction of sp³-hybridized carbons (Fsp3) is 0.143. The van der Waals surface area contributed by atoms with Crippen LogP contribution in [0.3, 0.4) is 0 Å². The molecule has 0 unspecified atom stereocenters. The van der Waals surface area contributed by atoms with E-state index >= 15 is 0 Å². The third-order valence-corrected chi connectivity index (χ3v) is 5.13. The molecule has 0 saturated heterocycles. The lowest BCUT2D eigenvalue weighted by Crippen LogP contribution is -2.02. The number of nitrogens with zero attached hydrogens (tertiary/aromatic N) is 4. The molecule has 0 radical (unpaired) electrons. The van der Waals surface area contributed by atoms with Crippen molar-refractivity contribution in [3.63, 3.8) is 0 Å². The van der Waals surface area contributed by atoms with E-state index in [-0.39, 0.29) is 11.5 Å². The van der Waals surface area contributed by atoms with Crippen LogP contribution in [0.4, 0.5) is 0 Å². The lowest BCUT2D eigenvalue weighted by Gasteiger charge is -2.00. The molecule has 4 aromatic rings. The van der Waals surface area contributed by atoms with E-state index in [1.54, 1.807) is 0 Å². The molecule has 0 spiro atoms. The summed E-state index contributed by atoms with van der Waals surface area (Å²) in [7, 11) is 0. The Kier molecular flexibility index (Phi) is 5.22. The van der Waals surface area contributed by atoms with E-state index in [2.05, 4.69) is 16.3 Å². The molecule has 7 heteroatoms. The molecule has 2 aromatic heterocycles. The Bertz CT molecular complexity index is 1160. The van der Waals surface area contributed by atoms with Gasteiger partial charge in [-0.25, -0.2) is 0 Å². The summed E-state index contributed by atoms with van der Waals surface area (Å²) in [6.07, 6.45) is 2.22. The molecule has 6 nitrogen and oxygen atoms in total. The summed E-state index contributed by atoms with van der Waals surface area (Å²) >= 11 is 1.22. The van der Waals surface area contributed by atoms with Gasteiger partial charge in [0.05, 0.1) is 18.2 Å². The highest BCUT2D eigenvalue weighted by Gasteiger charge is 2.17. The molecular weight excluding hydrogens is 372 g/mol. The first-order valence-corrected chi connectivity index (χ1v) is 9.74. The third-order valence-electron chi connectivity index (χ3n) is 4.31. The molecule has 0 N–H and O–H groups in total. The summed E-state index contributed by atoms with van der Waals surface area (Å²) in [5.41, 5.74) is 2.44. The van der Waals surface area contributed by atoms with Crippen LogP contribution in [-0.2, 0) is 6.54 Å². The molecule has 4 rings (SSSR count). The average molecular weight is 388 g/mol. The largest absolute Gasteiger partial charge is 0.411 e. The van der Waals surface area contributed by atoms with Crippen molar-refractivity contribution in [2.75, 3.05) is 5.75 Å². The van der Waals surface area contributed by atoms with Gasteiger partial charge in [-0.1, -0.05) is 48.2 Å². The quantitative estimate of drug-likeness (QED) is 0.340. The van der Waals surface area contributed by atoms with Crippen molar-refractivity contribution in [2.24, 2.45) is 0 Å². The van der Waals surface area contributed by atoms with Gasteiger partial charge in [0.25, 0.3) is 5.22 Å². The Labute approximate surface area is 165 Å². The van der Waals surface area contributed by atoms with Gasteiger partial charge in [0, 0.05) is 34.8 Å². The predicted octanol–water partition coefficient (Wildman–Crippen LogP) is 4.58. The molecule has 2 aromatic carbocycles. The van der Waals surface area contributed by atoms with Gasteiger partial charge in [0.15, 0.2) is 5.78 Å². The van der Waals surface area contributed by atoms with Gasteiger partial charge in [0.1, 0.15) is 0 Å². The van der Waals surface area contributed by atoms with Gasteiger partial charge in [-0.2, -0.15) is 5.26 Å². The lowest BCUT2D eigenvalue weighted by molar-refractivity contribution is 0.102. The Morgan fingerprint density at radius 1 is 1.11 bits per heavy atom. The molecule has 0 aliphatic heterocycles. The van der Waals surface area contributed by atoms with Crippen LogP contribution in [-0.4, -0.2) is 26.3 Å². The van der Waals surface area contributed by atoms with Crippen molar-refractivity contribution in [2.45, 2.75) is 18.2 Å². The number of benzene rings is 2. The number of carbonyl (C=O) groups excluding carboxylic acids is 1. The first kappa shape index (κ1) is 18.0. The van der Waals surface area contributed by atoms with Crippen LogP contribution in [0.15, 0.2) is 70.4 Å². The van der Waals surface area contributed by atoms with Crippen molar-refractivity contribution < 1.29 is 9.21 Å². The third kappa shape index (κ3) is 3.68. The molecule has 28 heavy (non-hydrogen) atoms. The van der Waals surface area contributed by atoms with Gasteiger partial charge >= 0.3 is 0 Å². The Hall–Kier alpha value is -3.37. The highest BCUT2D eigenvalue weighted by Crippen LogP contribution is 2.26. The molecule has 138 valence electrons. The number of aromatic nitrogens is 3. The predicted molar refractivity (Wildman–Crippen MR) is 107 cm³/mol. The van der Waals surface area contributed by atoms with Crippen LogP contribution in [0, 0.1) is 11.3 Å². The SMILES string of the molecule is N#CCCn1cc(C(=O)CSc2nnc(-c3ccccc3)o2)c2ccccc21. The molecule has 2 heterocycles. The maximum atomic E-state index is 12.8. The number of ketones is 1. The van der Waals surface area contributed by atoms with E-state index in [0.29, 0.717) is 29.6 Å². The second kappa shape index (κ2) is 8.11. The lowest BCUT2D eigenvalue weighted by atomic mass is 10.1. The minimum absolute atomic E-state index is 0.0173. The summed E-state index contributed by atoms with van der Waals surface area (Å²) in [4.78, 5) is 12.8. The maximum absolute atomic E-state index is 12.8. The van der Waals surface area contributed by atoms with Gasteiger partial charge in [-0.15, -0.1) is 10.2 Å². The average Bonchev–Trinajstić information content (AvgIpc) is 3.36. The molecule has 0 bridgehead atoms. The van der Waals surface area contributed by atoms with E-state index in [0.717, 1.165) is 16.5 Å². The van der Waals surface area contributed by atoms with E-state index < -0.39 is 0 Å². The van der Waals surface area contributed by atoms with E-state index in [1.165, 1.54) is 11.8 Å². The number of rotatable bonds is 7. The van der Waals surface area contributed by atoms with Crippen LogP contribution in [0.2, 0.25) is 0 Å². The highest BCUT2D eigenvalue weighted by atomic mass is 32.2. The first-order chi connectivity index (χ1) is 13.8. The zero-order valence-electron chi connectivity index (χ0n) is 14.9. The molecule has 0 fully saturated rings. The van der Waals surface area contributed by atoms with E-state index in [9.17, 15) is 4.79 Å². The van der Waals surface area contributed by atoms with Crippen LogP contribution in [0.5, 0.6) is 0 Å². The Balaban J connectivity index is 1.50. The first-order valence-electron chi connectivity index (χ1n) is 8.76. The molecular formula is C21H16N4O2S. The van der Waals surface area contributed by atoms with Gasteiger partial charge < -0.3 is 8.98 Å². The normalized spacial score (nSPS) is 10.8. The highest BCUT2D eigenvalue weighted by molar-refractivity contribution is 7.99. The van der Waals surface area contributed by atoms with Crippen LogP contribution in [0.1, 0.15) is 16.8 Å². The number of carbonyl (C=O) groups is 1. The summed E-state index contributed by atoms with van der Waals surface area (Å²) < 4.78 is 7.60. The standard InChI is InChI=1S/C21H16N4O2S/c22-11-6-12-25-13-17(16-9-4-5-10-18(16)25)19(26)14-28-21-24-23-20(27-21)15-7-2-1-3-8-15/h1-5,7-10,13H,6,12,14H2. The van der Waals surface area contributed by atoms with Crippen molar-refractivity contribution in [3.8, 4) is 17.5 Å². The fourth-order valence-corrected chi connectivity index (χ4v) is 3.64. The summed E-state index contributed by atoms with van der Waals surface area (Å²) in [5, 5.41) is 18.2. The van der Waals surface area contributed by atoms with Crippen molar-refractivity contribution in [3.05, 3.63) is 66.4 Å². The van der Waals surface area contributed by atoms with Crippen LogP contribution in [0.25, 0.3) is 22.4 Å². The zero-order chi connectivity index (χ0) is 19.3. The van der Waals surface area contributed by atoms with E-state index in [1.807, 2.05) is 65.4 Å². The smallest absolute Gasteiger partial charge is 0.277 e. The van der Waals surface area contributed by atoms with Crippen molar-refractivity contribution in [1.29, 1.82) is 5.26 Å². The number of fused-ring (bicyclic) bond motifs is 1. The monoisotopic (exact) mass is 388 g/mol. The zero-order valence-corrected chi connectivity index (χ0v) is 15.7. The van der Waals surface area contributed by atoms with E-state index in [4.69, 9.17) is 9.68 Å². The maximum Gasteiger partial charge on any atom is 0.277 e. The van der Waals surface area contributed by atoms with Gasteiger partial charge in [-0.3, -0.25) is 4.79 Å². The van der Waals surface area contributed by atoms with Crippen molar-refractivity contribution in [1.82, 2.24) is 14.8 Å². The summed E-state index contributed by atoms with van der Waals surface area (Å²) in [6, 6.07) is 19.4. The van der Waals surface area contributed by atoms with Crippen molar-refractivity contribution >= 4 is 28.4 Å². The topological polar surface area (TPSA) is 84.7 Å². The molecule has 0 amide bonds. The molecule has 0 saturated carbocycles. The number of para-hydroxylation sites is 1. The van der Waals surface area contributed by atoms with Crippen LogP contribution >= 0.6 is 11.8 Å². The number of aryl methyl sites for hydroxylation is 1. The summed E-state index contributed by atoms with van der Waals surface area (Å²) in [6.45, 7) is 0.557. The Morgan fingerprint density at radius 3 is 2.71 bits per heavy atom. The molecule has 0 aliphatic carbocycles. The Morgan fingerprint density at radius 2 is 1.89 bits per heavy atom. The fourth-order valence-electron chi connectivity index (χ4n) is 2.99. The second-order valence-electron chi connectivity index (χ2n) is 6.11. The van der Waals surface area contributed by atoms with Crippen LogP contribution < -0.4 is 0 Å². The number of thioether (sulfide) groups is 1. The van der Waals surface area contributed by atoms with Gasteiger partial charge in [0.2, 0.25) is 5.89 Å². The number of nitriles is 1. The summed E-state index contributed by atoms with van der Waals surface area (Å²) in [5.74, 6) is 0.614. The minimum atomic E-state index is -0.0173. The van der Waals surface area contributed by atoms with Gasteiger partial charge in [-0.05, 0) is 18.2 Å². The molecule has 0 aliphatic rings. The number of Topliss-reactive ketones (excluding diaryl/α,β-unsaturated/α-hetero) is 1. The molecule has 0 atom stereocenters.